The molecule has 1 aromatic heterocycles. The lowest BCUT2D eigenvalue weighted by Crippen LogP contribution is -2.23. The molecule has 8 heteroatoms. The van der Waals surface area contributed by atoms with Crippen LogP contribution in [0.5, 0.6) is 0 Å². The monoisotopic (exact) mass is 323 g/mol. The van der Waals surface area contributed by atoms with Crippen molar-refractivity contribution in [2.24, 2.45) is 5.73 Å². The number of hydrogen-bond acceptors (Lipinski definition) is 3. The summed E-state index contributed by atoms with van der Waals surface area (Å²) in [5.74, 6) is -1.17. The average Bonchev–Trinajstić information content (AvgIpc) is 2.52. The molecule has 0 bridgehead atoms. The molecule has 0 spiro atoms. The molecule has 2 rings (SSSR count). The van der Waals surface area contributed by atoms with Gasteiger partial charge in [0.2, 0.25) is 5.91 Å². The minimum absolute atomic E-state index is 0.00376. The van der Waals surface area contributed by atoms with Gasteiger partial charge in [-0.05, 0) is 29.8 Å². The first-order valence-corrected chi connectivity index (χ1v) is 6.47. The van der Waals surface area contributed by atoms with Gasteiger partial charge in [0.1, 0.15) is 5.69 Å². The number of amides is 2. The van der Waals surface area contributed by atoms with Crippen LogP contribution in [0.4, 0.5) is 13.2 Å². The molecule has 0 unspecified atom stereocenters. The van der Waals surface area contributed by atoms with Crippen molar-refractivity contribution in [3.05, 3.63) is 65.0 Å². The minimum Gasteiger partial charge on any atom is -0.366 e. The molecule has 5 nitrogen and oxygen atoms in total. The fourth-order valence-electron chi connectivity index (χ4n) is 1.81. The van der Waals surface area contributed by atoms with Gasteiger partial charge in [0.15, 0.2) is 0 Å². The normalized spacial score (nSPS) is 11.1. The number of carbonyl (C=O) groups is 2. The number of rotatable bonds is 4. The van der Waals surface area contributed by atoms with Crippen LogP contribution in [0.1, 0.15) is 32.0 Å². The molecule has 0 saturated heterocycles. The summed E-state index contributed by atoms with van der Waals surface area (Å²) in [4.78, 5) is 26.2. The summed E-state index contributed by atoms with van der Waals surface area (Å²) in [7, 11) is 0. The molecule has 0 aliphatic heterocycles. The number of carbonyl (C=O) groups excluding carboxylic acids is 2. The summed E-state index contributed by atoms with van der Waals surface area (Å²) in [6.07, 6.45) is -3.69. The third-order valence-electron chi connectivity index (χ3n) is 2.98. The molecule has 1 aromatic carbocycles. The van der Waals surface area contributed by atoms with Gasteiger partial charge in [-0.2, -0.15) is 13.2 Å². The first-order chi connectivity index (χ1) is 10.8. The SMILES string of the molecule is NC(=O)c1cccc(CNC(=O)c2ccc(C(F)(F)F)nc2)c1. The molecular weight excluding hydrogens is 311 g/mol. The van der Waals surface area contributed by atoms with Gasteiger partial charge in [-0.3, -0.25) is 14.6 Å². The number of alkyl halides is 3. The first-order valence-electron chi connectivity index (χ1n) is 6.47. The van der Waals surface area contributed by atoms with Crippen molar-refractivity contribution >= 4 is 11.8 Å². The molecule has 0 aliphatic rings. The Labute approximate surface area is 129 Å². The highest BCUT2D eigenvalue weighted by atomic mass is 19.4. The van der Waals surface area contributed by atoms with Gasteiger partial charge in [0.05, 0.1) is 5.56 Å². The Morgan fingerprint density at radius 3 is 2.43 bits per heavy atom. The molecule has 23 heavy (non-hydrogen) atoms. The molecule has 120 valence electrons. The van der Waals surface area contributed by atoms with E-state index in [0.717, 1.165) is 18.3 Å². The van der Waals surface area contributed by atoms with Crippen molar-refractivity contribution in [1.82, 2.24) is 10.3 Å². The Morgan fingerprint density at radius 1 is 1.13 bits per heavy atom. The number of halogens is 3. The number of nitrogens with zero attached hydrogens (tertiary/aromatic N) is 1. The molecule has 0 radical (unpaired) electrons. The highest BCUT2D eigenvalue weighted by molar-refractivity contribution is 5.94. The highest BCUT2D eigenvalue weighted by Gasteiger charge is 2.32. The lowest BCUT2D eigenvalue weighted by molar-refractivity contribution is -0.141. The number of nitrogens with one attached hydrogen (secondary N) is 1. The summed E-state index contributed by atoms with van der Waals surface area (Å²) in [5, 5.41) is 2.53. The molecule has 0 aliphatic carbocycles. The Bertz CT molecular complexity index is 727. The van der Waals surface area contributed by atoms with Crippen molar-refractivity contribution in [2.45, 2.75) is 12.7 Å². The molecule has 3 N–H and O–H groups in total. The number of primary amides is 1. The molecule has 0 atom stereocenters. The average molecular weight is 323 g/mol. The fourth-order valence-corrected chi connectivity index (χ4v) is 1.81. The molecular formula is C15H12F3N3O2. The van der Waals surface area contributed by atoms with E-state index in [9.17, 15) is 22.8 Å². The summed E-state index contributed by atoms with van der Waals surface area (Å²) in [5.41, 5.74) is 5.02. The topological polar surface area (TPSA) is 85.1 Å². The number of aromatic nitrogens is 1. The summed E-state index contributed by atoms with van der Waals surface area (Å²) in [6, 6.07) is 8.13. The zero-order valence-electron chi connectivity index (χ0n) is 11.7. The van der Waals surface area contributed by atoms with Gasteiger partial charge in [0.25, 0.3) is 5.91 Å². The standard InChI is InChI=1S/C15H12F3N3O2/c16-15(17,18)12-5-4-11(8-20-12)14(23)21-7-9-2-1-3-10(6-9)13(19)22/h1-6,8H,7H2,(H2,19,22)(H,21,23). The number of hydrogen-bond donors (Lipinski definition) is 2. The predicted molar refractivity (Wildman–Crippen MR) is 75.4 cm³/mol. The van der Waals surface area contributed by atoms with Gasteiger partial charge < -0.3 is 11.1 Å². The van der Waals surface area contributed by atoms with Gasteiger partial charge in [-0.1, -0.05) is 12.1 Å². The smallest absolute Gasteiger partial charge is 0.366 e. The number of nitrogens with two attached hydrogens (primary N) is 1. The van der Waals surface area contributed by atoms with E-state index in [2.05, 4.69) is 10.3 Å². The molecule has 0 fully saturated rings. The van der Waals surface area contributed by atoms with E-state index in [1.807, 2.05) is 0 Å². The van der Waals surface area contributed by atoms with Crippen molar-refractivity contribution in [2.75, 3.05) is 0 Å². The maximum atomic E-state index is 12.4. The second-order valence-corrected chi connectivity index (χ2v) is 4.68. The molecule has 2 aromatic rings. The molecule has 1 heterocycles. The zero-order chi connectivity index (χ0) is 17.0. The first kappa shape index (κ1) is 16.5. The van der Waals surface area contributed by atoms with Crippen LogP contribution in [0.15, 0.2) is 42.6 Å². The number of benzene rings is 1. The van der Waals surface area contributed by atoms with E-state index in [4.69, 9.17) is 5.73 Å². The molecule has 0 saturated carbocycles. The Kier molecular flexibility index (Phi) is 4.63. The second-order valence-electron chi connectivity index (χ2n) is 4.68. The van der Waals surface area contributed by atoms with E-state index < -0.39 is 23.7 Å². The van der Waals surface area contributed by atoms with Crippen LogP contribution >= 0.6 is 0 Å². The van der Waals surface area contributed by atoms with Crippen molar-refractivity contribution in [3.63, 3.8) is 0 Å². The fraction of sp³-hybridized carbons (Fsp3) is 0.133. The van der Waals surface area contributed by atoms with Crippen LogP contribution < -0.4 is 11.1 Å². The lowest BCUT2D eigenvalue weighted by Gasteiger charge is -2.08. The second kappa shape index (κ2) is 6.47. The quantitative estimate of drug-likeness (QED) is 0.904. The third kappa shape index (κ3) is 4.29. The zero-order valence-corrected chi connectivity index (χ0v) is 11.7. The van der Waals surface area contributed by atoms with Gasteiger partial charge in [0, 0.05) is 18.3 Å². The predicted octanol–water partition coefficient (Wildman–Crippen LogP) is 2.13. The van der Waals surface area contributed by atoms with Gasteiger partial charge in [-0.25, -0.2) is 0 Å². The highest BCUT2D eigenvalue weighted by Crippen LogP contribution is 2.27. The van der Waals surface area contributed by atoms with Crippen LogP contribution in [-0.2, 0) is 12.7 Å². The van der Waals surface area contributed by atoms with Crippen molar-refractivity contribution in [1.29, 1.82) is 0 Å². The van der Waals surface area contributed by atoms with Crippen molar-refractivity contribution < 1.29 is 22.8 Å². The van der Waals surface area contributed by atoms with Crippen LogP contribution in [0.2, 0.25) is 0 Å². The lowest BCUT2D eigenvalue weighted by atomic mass is 10.1. The van der Waals surface area contributed by atoms with Crippen LogP contribution in [0.3, 0.4) is 0 Å². The minimum atomic E-state index is -4.55. The van der Waals surface area contributed by atoms with Crippen LogP contribution in [-0.4, -0.2) is 16.8 Å². The largest absolute Gasteiger partial charge is 0.433 e. The van der Waals surface area contributed by atoms with E-state index in [1.54, 1.807) is 12.1 Å². The van der Waals surface area contributed by atoms with Crippen molar-refractivity contribution in [3.8, 4) is 0 Å². The summed E-state index contributed by atoms with van der Waals surface area (Å²) >= 11 is 0. The summed E-state index contributed by atoms with van der Waals surface area (Å²) < 4.78 is 37.2. The van der Waals surface area contributed by atoms with Gasteiger partial charge >= 0.3 is 6.18 Å². The van der Waals surface area contributed by atoms with E-state index in [-0.39, 0.29) is 12.1 Å². The number of pyridine rings is 1. The van der Waals surface area contributed by atoms with E-state index >= 15 is 0 Å². The van der Waals surface area contributed by atoms with E-state index in [1.165, 1.54) is 12.1 Å². The third-order valence-corrected chi connectivity index (χ3v) is 2.98. The maximum absolute atomic E-state index is 12.4. The van der Waals surface area contributed by atoms with Gasteiger partial charge in [-0.15, -0.1) is 0 Å². The maximum Gasteiger partial charge on any atom is 0.433 e. The van der Waals surface area contributed by atoms with Crippen LogP contribution in [0.25, 0.3) is 0 Å². The Hall–Kier alpha value is -2.90. The summed E-state index contributed by atoms with van der Waals surface area (Å²) in [6.45, 7) is 0.0982. The molecule has 2 amide bonds. The Morgan fingerprint density at radius 2 is 1.87 bits per heavy atom. The Balaban J connectivity index is 2.02. The van der Waals surface area contributed by atoms with Crippen LogP contribution in [0, 0.1) is 0 Å². The van der Waals surface area contributed by atoms with E-state index in [0.29, 0.717) is 11.1 Å².